The minimum Gasteiger partial charge on any atom is -0.399 e. The van der Waals surface area contributed by atoms with E-state index in [9.17, 15) is 4.79 Å². The zero-order valence-electron chi connectivity index (χ0n) is 11.4. The molecule has 1 aromatic rings. The highest BCUT2D eigenvalue weighted by atomic mass is 16.1. The molecule has 1 amide bonds. The quantitative estimate of drug-likeness (QED) is 0.479. The average molecular weight is 260 g/mol. The van der Waals surface area contributed by atoms with Crippen LogP contribution < -0.4 is 16.4 Å². The van der Waals surface area contributed by atoms with Crippen molar-refractivity contribution in [2.24, 2.45) is 0 Å². The van der Waals surface area contributed by atoms with E-state index in [4.69, 9.17) is 11.1 Å². The van der Waals surface area contributed by atoms with Crippen LogP contribution in [0, 0.1) is 5.41 Å². The van der Waals surface area contributed by atoms with Gasteiger partial charge in [0.2, 0.25) is 0 Å². The lowest BCUT2D eigenvalue weighted by Crippen LogP contribution is -2.30. The molecule has 19 heavy (non-hydrogen) atoms. The van der Waals surface area contributed by atoms with Gasteiger partial charge < -0.3 is 21.8 Å². The van der Waals surface area contributed by atoms with Crippen LogP contribution in [-0.2, 0) is 0 Å². The fourth-order valence-corrected chi connectivity index (χ4v) is 1.66. The highest BCUT2D eigenvalue weighted by molar-refractivity contribution is 6.09. The van der Waals surface area contributed by atoms with Crippen LogP contribution in [0.25, 0.3) is 5.57 Å². The van der Waals surface area contributed by atoms with Crippen LogP contribution in [0.1, 0.15) is 29.8 Å². The molecule has 0 fully saturated rings. The number of rotatable bonds is 5. The largest absolute Gasteiger partial charge is 0.399 e. The fraction of sp³-hybridized carbons (Fsp3) is 0.286. The number of amides is 1. The summed E-state index contributed by atoms with van der Waals surface area (Å²) in [7, 11) is 1.75. The normalized spacial score (nSPS) is 11.3. The molecule has 5 heteroatoms. The van der Waals surface area contributed by atoms with Gasteiger partial charge >= 0.3 is 0 Å². The second-order valence-corrected chi connectivity index (χ2v) is 4.50. The number of anilines is 1. The standard InChI is InChI=1S/C14H20N4O/c1-9(2)18-14(19)11-4-10(5-13(16)6-11)12(7-15)8-17-3/h4-9,15,17H,16H2,1-3H3,(H,18,19)/b12-8+,15-7?. The Morgan fingerprint density at radius 2 is 1.95 bits per heavy atom. The number of carbonyl (C=O) groups excluding carboxylic acids is 1. The maximum Gasteiger partial charge on any atom is 0.251 e. The van der Waals surface area contributed by atoms with E-state index in [0.717, 1.165) is 5.56 Å². The van der Waals surface area contributed by atoms with Gasteiger partial charge in [-0.25, -0.2) is 0 Å². The van der Waals surface area contributed by atoms with Crippen molar-refractivity contribution in [1.29, 1.82) is 5.41 Å². The zero-order chi connectivity index (χ0) is 14.4. The lowest BCUT2D eigenvalue weighted by atomic mass is 10.0. The molecule has 0 unspecified atom stereocenters. The number of allylic oxidation sites excluding steroid dienone is 1. The molecule has 0 atom stereocenters. The molecule has 1 rings (SSSR count). The van der Waals surface area contributed by atoms with Crippen LogP contribution in [0.3, 0.4) is 0 Å². The molecule has 102 valence electrons. The highest BCUT2D eigenvalue weighted by Gasteiger charge is 2.10. The van der Waals surface area contributed by atoms with Gasteiger partial charge in [0.1, 0.15) is 0 Å². The molecule has 0 saturated heterocycles. The Balaban J connectivity index is 3.16. The summed E-state index contributed by atoms with van der Waals surface area (Å²) in [4.78, 5) is 12.0. The molecule has 5 N–H and O–H groups in total. The maximum absolute atomic E-state index is 12.0. The summed E-state index contributed by atoms with van der Waals surface area (Å²) in [5.41, 5.74) is 8.20. The molecule has 0 aromatic heterocycles. The Morgan fingerprint density at radius 1 is 1.32 bits per heavy atom. The summed E-state index contributed by atoms with van der Waals surface area (Å²) < 4.78 is 0. The van der Waals surface area contributed by atoms with E-state index in [-0.39, 0.29) is 11.9 Å². The van der Waals surface area contributed by atoms with E-state index in [1.807, 2.05) is 13.8 Å². The number of nitrogen functional groups attached to an aromatic ring is 1. The summed E-state index contributed by atoms with van der Waals surface area (Å²) in [6.07, 6.45) is 2.90. The number of hydrogen-bond acceptors (Lipinski definition) is 4. The van der Waals surface area contributed by atoms with E-state index in [1.165, 1.54) is 6.21 Å². The molecule has 0 heterocycles. The van der Waals surface area contributed by atoms with Crippen molar-refractivity contribution in [3.05, 3.63) is 35.5 Å². The first-order valence-electron chi connectivity index (χ1n) is 6.07. The van der Waals surface area contributed by atoms with Gasteiger partial charge in [-0.1, -0.05) is 0 Å². The first-order valence-corrected chi connectivity index (χ1v) is 6.07. The van der Waals surface area contributed by atoms with Gasteiger partial charge in [0.25, 0.3) is 5.91 Å². The monoisotopic (exact) mass is 260 g/mol. The molecule has 0 aliphatic carbocycles. The molecule has 0 spiro atoms. The summed E-state index contributed by atoms with van der Waals surface area (Å²) in [5.74, 6) is -0.169. The Hall–Kier alpha value is -2.30. The number of benzene rings is 1. The van der Waals surface area contributed by atoms with Crippen molar-refractivity contribution in [1.82, 2.24) is 10.6 Å². The van der Waals surface area contributed by atoms with Crippen LogP contribution in [0.4, 0.5) is 5.69 Å². The van der Waals surface area contributed by atoms with Crippen molar-refractivity contribution in [3.8, 4) is 0 Å². The first kappa shape index (κ1) is 14.8. The van der Waals surface area contributed by atoms with Crippen molar-refractivity contribution in [3.63, 3.8) is 0 Å². The number of carbonyl (C=O) groups is 1. The Kier molecular flexibility index (Phi) is 5.11. The summed E-state index contributed by atoms with van der Waals surface area (Å²) >= 11 is 0. The number of hydrogen-bond donors (Lipinski definition) is 4. The van der Waals surface area contributed by atoms with E-state index in [0.29, 0.717) is 16.8 Å². The molecule has 0 radical (unpaired) electrons. The van der Waals surface area contributed by atoms with Crippen molar-refractivity contribution in [2.45, 2.75) is 19.9 Å². The SMILES string of the molecule is CN/C=C(\C=N)c1cc(N)cc(C(=O)NC(C)C)c1. The minimum absolute atomic E-state index is 0.0624. The van der Waals surface area contributed by atoms with E-state index < -0.39 is 0 Å². The van der Waals surface area contributed by atoms with Gasteiger partial charge in [-0.05, 0) is 37.6 Å². The van der Waals surface area contributed by atoms with Gasteiger partial charge in [-0.2, -0.15) is 0 Å². The molecule has 0 aliphatic heterocycles. The summed E-state index contributed by atoms with van der Waals surface area (Å²) in [6.45, 7) is 3.80. The molecule has 0 aliphatic rings. The van der Waals surface area contributed by atoms with E-state index in [2.05, 4.69) is 10.6 Å². The molecule has 5 nitrogen and oxygen atoms in total. The van der Waals surface area contributed by atoms with E-state index in [1.54, 1.807) is 31.4 Å². The van der Waals surface area contributed by atoms with Gasteiger partial charge in [0.05, 0.1) is 0 Å². The zero-order valence-corrected chi connectivity index (χ0v) is 11.4. The van der Waals surface area contributed by atoms with Gasteiger partial charge in [-0.15, -0.1) is 0 Å². The lowest BCUT2D eigenvalue weighted by Gasteiger charge is -2.11. The summed E-state index contributed by atoms with van der Waals surface area (Å²) in [6, 6.07) is 5.15. The van der Waals surface area contributed by atoms with Crippen LogP contribution in [0.2, 0.25) is 0 Å². The minimum atomic E-state index is -0.169. The molecular weight excluding hydrogens is 240 g/mol. The van der Waals surface area contributed by atoms with Crippen LogP contribution in [-0.4, -0.2) is 25.2 Å². The van der Waals surface area contributed by atoms with Crippen LogP contribution >= 0.6 is 0 Å². The smallest absolute Gasteiger partial charge is 0.251 e. The lowest BCUT2D eigenvalue weighted by molar-refractivity contribution is 0.0943. The average Bonchev–Trinajstić information content (AvgIpc) is 2.34. The second kappa shape index (κ2) is 6.58. The van der Waals surface area contributed by atoms with Crippen LogP contribution in [0.5, 0.6) is 0 Å². The third kappa shape index (κ3) is 4.13. The highest BCUT2D eigenvalue weighted by Crippen LogP contribution is 2.18. The topological polar surface area (TPSA) is 91.0 Å². The van der Waals surface area contributed by atoms with E-state index >= 15 is 0 Å². The predicted molar refractivity (Wildman–Crippen MR) is 79.3 cm³/mol. The number of nitrogens with one attached hydrogen (secondary N) is 3. The second-order valence-electron chi connectivity index (χ2n) is 4.50. The number of nitrogens with two attached hydrogens (primary N) is 1. The summed E-state index contributed by atoms with van der Waals surface area (Å²) in [5, 5.41) is 13.1. The fourth-order valence-electron chi connectivity index (χ4n) is 1.66. The Bertz CT molecular complexity index is 506. The third-order valence-corrected chi connectivity index (χ3v) is 2.43. The third-order valence-electron chi connectivity index (χ3n) is 2.43. The molecule has 1 aromatic carbocycles. The Labute approximate surface area is 113 Å². The molecule has 0 saturated carbocycles. The first-order chi connectivity index (χ1) is 8.97. The van der Waals surface area contributed by atoms with Gasteiger partial charge in [-0.3, -0.25) is 4.79 Å². The van der Waals surface area contributed by atoms with Gasteiger partial charge in [0.15, 0.2) is 0 Å². The maximum atomic E-state index is 12.0. The van der Waals surface area contributed by atoms with Crippen molar-refractivity contribution >= 4 is 23.4 Å². The Morgan fingerprint density at radius 3 is 2.47 bits per heavy atom. The van der Waals surface area contributed by atoms with Crippen molar-refractivity contribution in [2.75, 3.05) is 12.8 Å². The van der Waals surface area contributed by atoms with Gasteiger partial charge in [0, 0.05) is 42.3 Å². The molecular formula is C14H20N4O. The van der Waals surface area contributed by atoms with Crippen LogP contribution in [0.15, 0.2) is 24.4 Å². The predicted octanol–water partition coefficient (Wildman–Crippen LogP) is 1.62. The molecule has 0 bridgehead atoms. The van der Waals surface area contributed by atoms with Crippen molar-refractivity contribution < 1.29 is 4.79 Å².